The van der Waals surface area contributed by atoms with Gasteiger partial charge in [-0.1, -0.05) is 6.92 Å². The van der Waals surface area contributed by atoms with Gasteiger partial charge < -0.3 is 5.32 Å². The van der Waals surface area contributed by atoms with E-state index in [4.69, 9.17) is 0 Å². The van der Waals surface area contributed by atoms with Crippen molar-refractivity contribution < 1.29 is 0 Å². The maximum Gasteiger partial charge on any atom is 0.169 e. The lowest BCUT2D eigenvalue weighted by Gasteiger charge is -2.16. The molecule has 3 nitrogen and oxygen atoms in total. The minimum absolute atomic E-state index is 0.425. The van der Waals surface area contributed by atoms with Crippen LogP contribution in [0.1, 0.15) is 29.8 Å². The van der Waals surface area contributed by atoms with Gasteiger partial charge in [0.2, 0.25) is 0 Å². The minimum atomic E-state index is 0.425. The molecule has 0 aliphatic carbocycles. The van der Waals surface area contributed by atoms with Crippen LogP contribution < -0.4 is 5.32 Å². The Labute approximate surface area is 126 Å². The largest absolute Gasteiger partial charge is 0.319 e. The summed E-state index contributed by atoms with van der Waals surface area (Å²) in [5.74, 6) is 1.25. The third-order valence-corrected chi connectivity index (χ3v) is 4.74. The summed E-state index contributed by atoms with van der Waals surface area (Å²) in [6.45, 7) is 7.29. The summed E-state index contributed by atoms with van der Waals surface area (Å²) in [6.07, 6.45) is 0. The molecule has 2 rings (SSSR count). The van der Waals surface area contributed by atoms with Crippen LogP contribution in [0.3, 0.4) is 0 Å². The Bertz CT molecular complexity index is 557. The zero-order chi connectivity index (χ0) is 14.0. The lowest BCUT2D eigenvalue weighted by molar-refractivity contribution is 0.663. The zero-order valence-electron chi connectivity index (χ0n) is 11.6. The molecule has 0 aliphatic rings. The number of nitrogens with zero attached hydrogens (tertiary/aromatic N) is 2. The predicted molar refractivity (Wildman–Crippen MR) is 84.9 cm³/mol. The van der Waals surface area contributed by atoms with E-state index in [0.29, 0.717) is 5.92 Å². The van der Waals surface area contributed by atoms with Gasteiger partial charge in [0.05, 0.1) is 8.66 Å². The molecule has 0 aliphatic heterocycles. The van der Waals surface area contributed by atoms with E-state index in [2.05, 4.69) is 58.1 Å². The average Bonchev–Trinajstić information content (AvgIpc) is 2.75. The van der Waals surface area contributed by atoms with Crippen molar-refractivity contribution in [2.24, 2.45) is 0 Å². The number of hydrogen-bond acceptors (Lipinski definition) is 4. The topological polar surface area (TPSA) is 37.8 Å². The Hall–Kier alpha value is -0.780. The molecule has 1 unspecified atom stereocenters. The molecule has 1 atom stereocenters. The van der Waals surface area contributed by atoms with Gasteiger partial charge in [-0.05, 0) is 60.4 Å². The molecule has 5 heteroatoms. The molecule has 102 valence electrons. The molecule has 0 radical (unpaired) electrons. The smallest absolute Gasteiger partial charge is 0.169 e. The SMILES string of the molecule is CNCC(C)c1c(C)nc(-c2ccc(Br)s2)nc1C. The Morgan fingerprint density at radius 2 is 1.89 bits per heavy atom. The van der Waals surface area contributed by atoms with Crippen molar-refractivity contribution in [3.63, 3.8) is 0 Å². The first kappa shape index (κ1) is 14.6. The van der Waals surface area contributed by atoms with Crippen LogP contribution in [-0.2, 0) is 0 Å². The lowest BCUT2D eigenvalue weighted by Crippen LogP contribution is -2.17. The molecule has 19 heavy (non-hydrogen) atoms. The van der Waals surface area contributed by atoms with E-state index >= 15 is 0 Å². The van der Waals surface area contributed by atoms with Gasteiger partial charge in [0.15, 0.2) is 5.82 Å². The van der Waals surface area contributed by atoms with Crippen LogP contribution >= 0.6 is 27.3 Å². The Kier molecular flexibility index (Phi) is 4.71. The fourth-order valence-corrected chi connectivity index (χ4v) is 3.71. The molecule has 0 amide bonds. The monoisotopic (exact) mass is 339 g/mol. The zero-order valence-corrected chi connectivity index (χ0v) is 14.0. The van der Waals surface area contributed by atoms with Crippen molar-refractivity contribution in [3.8, 4) is 10.7 Å². The van der Waals surface area contributed by atoms with Crippen molar-refractivity contribution in [1.29, 1.82) is 0 Å². The highest BCUT2D eigenvalue weighted by molar-refractivity contribution is 9.11. The van der Waals surface area contributed by atoms with E-state index in [1.165, 1.54) is 5.56 Å². The molecule has 0 saturated carbocycles. The quantitative estimate of drug-likeness (QED) is 0.917. The van der Waals surface area contributed by atoms with Gasteiger partial charge in [0.25, 0.3) is 0 Å². The van der Waals surface area contributed by atoms with E-state index in [9.17, 15) is 0 Å². The Morgan fingerprint density at radius 1 is 1.26 bits per heavy atom. The number of halogens is 1. The number of hydrogen-bond donors (Lipinski definition) is 1. The Balaban J connectivity index is 2.42. The second kappa shape index (κ2) is 6.11. The van der Waals surface area contributed by atoms with Crippen LogP contribution in [0.5, 0.6) is 0 Å². The van der Waals surface area contributed by atoms with Crippen molar-refractivity contribution in [3.05, 3.63) is 32.9 Å². The van der Waals surface area contributed by atoms with Gasteiger partial charge >= 0.3 is 0 Å². The number of thiophene rings is 1. The van der Waals surface area contributed by atoms with Gasteiger partial charge in [-0.15, -0.1) is 11.3 Å². The van der Waals surface area contributed by atoms with Crippen molar-refractivity contribution in [2.75, 3.05) is 13.6 Å². The highest BCUT2D eigenvalue weighted by Crippen LogP contribution is 2.31. The summed E-state index contributed by atoms with van der Waals surface area (Å²) in [7, 11) is 1.97. The maximum atomic E-state index is 4.67. The first-order valence-electron chi connectivity index (χ1n) is 6.28. The summed E-state index contributed by atoms with van der Waals surface area (Å²) >= 11 is 5.14. The normalized spacial score (nSPS) is 12.7. The molecule has 0 aromatic carbocycles. The first-order chi connectivity index (χ1) is 9.02. The van der Waals surface area contributed by atoms with E-state index in [-0.39, 0.29) is 0 Å². The van der Waals surface area contributed by atoms with Crippen molar-refractivity contribution >= 4 is 27.3 Å². The molecular formula is C14H18BrN3S. The number of likely N-dealkylation sites (N-methyl/N-ethyl adjacent to an activating group) is 1. The first-order valence-corrected chi connectivity index (χ1v) is 7.89. The predicted octanol–water partition coefficient (Wildman–Crippen LogP) is 3.91. The van der Waals surface area contributed by atoms with Crippen molar-refractivity contribution in [1.82, 2.24) is 15.3 Å². The van der Waals surface area contributed by atoms with Crippen LogP contribution in [0.4, 0.5) is 0 Å². The summed E-state index contributed by atoms with van der Waals surface area (Å²) in [5, 5.41) is 3.21. The Morgan fingerprint density at radius 3 is 2.37 bits per heavy atom. The van der Waals surface area contributed by atoms with E-state index in [1.54, 1.807) is 11.3 Å². The van der Waals surface area contributed by atoms with Gasteiger partial charge in [-0.25, -0.2) is 9.97 Å². The summed E-state index contributed by atoms with van der Waals surface area (Å²) in [4.78, 5) is 10.4. The minimum Gasteiger partial charge on any atom is -0.319 e. The van der Waals surface area contributed by atoms with Gasteiger partial charge in [0, 0.05) is 17.9 Å². The van der Waals surface area contributed by atoms with Crippen LogP contribution in [0.15, 0.2) is 15.9 Å². The van der Waals surface area contributed by atoms with Gasteiger partial charge in [0.1, 0.15) is 0 Å². The third kappa shape index (κ3) is 3.22. The van der Waals surface area contributed by atoms with E-state index < -0.39 is 0 Å². The van der Waals surface area contributed by atoms with E-state index in [1.807, 2.05) is 13.1 Å². The average molecular weight is 340 g/mol. The molecule has 2 aromatic heterocycles. The molecule has 0 bridgehead atoms. The van der Waals surface area contributed by atoms with Crippen LogP contribution in [0.2, 0.25) is 0 Å². The van der Waals surface area contributed by atoms with Gasteiger partial charge in [-0.2, -0.15) is 0 Å². The maximum absolute atomic E-state index is 4.67. The number of nitrogens with one attached hydrogen (secondary N) is 1. The van der Waals surface area contributed by atoms with Crippen LogP contribution in [0, 0.1) is 13.8 Å². The molecule has 0 saturated heterocycles. The van der Waals surface area contributed by atoms with Crippen molar-refractivity contribution in [2.45, 2.75) is 26.7 Å². The molecule has 0 spiro atoms. The van der Waals surface area contributed by atoms with E-state index in [0.717, 1.165) is 32.4 Å². The number of aryl methyl sites for hydroxylation is 2. The molecule has 2 heterocycles. The van der Waals surface area contributed by atoms with Crippen LogP contribution in [-0.4, -0.2) is 23.6 Å². The molecule has 0 fully saturated rings. The second-order valence-electron chi connectivity index (χ2n) is 4.69. The molecular weight excluding hydrogens is 322 g/mol. The standard InChI is InChI=1S/C14H18BrN3S/c1-8(7-16-4)13-9(2)17-14(18-10(13)3)11-5-6-12(15)19-11/h5-6,8,16H,7H2,1-4H3. The molecule has 1 N–H and O–H groups in total. The lowest BCUT2D eigenvalue weighted by atomic mass is 9.98. The third-order valence-electron chi connectivity index (χ3n) is 3.12. The van der Waals surface area contributed by atoms with Crippen LogP contribution in [0.25, 0.3) is 10.7 Å². The summed E-state index contributed by atoms with van der Waals surface area (Å²) in [6, 6.07) is 4.09. The fourth-order valence-electron chi connectivity index (χ4n) is 2.39. The highest BCUT2D eigenvalue weighted by atomic mass is 79.9. The summed E-state index contributed by atoms with van der Waals surface area (Å²) in [5.41, 5.74) is 3.42. The highest BCUT2D eigenvalue weighted by Gasteiger charge is 2.15. The fraction of sp³-hybridized carbons (Fsp3) is 0.429. The molecule has 2 aromatic rings. The number of aromatic nitrogens is 2. The van der Waals surface area contributed by atoms with Gasteiger partial charge in [-0.3, -0.25) is 0 Å². The summed E-state index contributed by atoms with van der Waals surface area (Å²) < 4.78 is 1.11. The second-order valence-corrected chi connectivity index (χ2v) is 7.16. The number of rotatable bonds is 4.